The summed E-state index contributed by atoms with van der Waals surface area (Å²) in [5.41, 5.74) is 1.34. The monoisotopic (exact) mass is 372 g/mol. The zero-order valence-corrected chi connectivity index (χ0v) is 14.5. The summed E-state index contributed by atoms with van der Waals surface area (Å²) >= 11 is 1.41. The minimum absolute atomic E-state index is 0.00367. The smallest absolute Gasteiger partial charge is 0.216 e. The number of hydrogen-bond donors (Lipinski definition) is 1. The molecule has 24 heavy (non-hydrogen) atoms. The lowest BCUT2D eigenvalue weighted by molar-refractivity contribution is 0.573. The zero-order valence-electron chi connectivity index (χ0n) is 12.9. The van der Waals surface area contributed by atoms with Crippen LogP contribution >= 0.6 is 11.3 Å². The Bertz CT molecular complexity index is 991. The number of rotatable bonds is 5. The highest BCUT2D eigenvalue weighted by Crippen LogP contribution is 2.18. The second kappa shape index (κ2) is 6.19. The third kappa shape index (κ3) is 3.60. The molecule has 3 aromatic rings. The standard InChI is InChI=1S/C14H14F2N4O2S2/c1-8-13(20-14(18-8)23-9(2)19-20)6-17-24(21,22)7-10-3-11(15)5-12(16)4-10/h3-5,17H,6-7H2,1-2H3. The summed E-state index contributed by atoms with van der Waals surface area (Å²) in [7, 11) is -3.77. The first-order valence-corrected chi connectivity index (χ1v) is 9.44. The van der Waals surface area contributed by atoms with Gasteiger partial charge in [-0.3, -0.25) is 0 Å². The van der Waals surface area contributed by atoms with Gasteiger partial charge < -0.3 is 0 Å². The number of sulfonamides is 1. The summed E-state index contributed by atoms with van der Waals surface area (Å²) in [5, 5.41) is 5.10. The molecule has 0 atom stereocenters. The van der Waals surface area contributed by atoms with Crippen molar-refractivity contribution in [3.8, 4) is 0 Å². The van der Waals surface area contributed by atoms with Crippen molar-refractivity contribution >= 4 is 26.3 Å². The Labute approximate surface area is 141 Å². The fraction of sp³-hybridized carbons (Fsp3) is 0.286. The number of nitrogens with zero attached hydrogens (tertiary/aromatic N) is 3. The first-order valence-electron chi connectivity index (χ1n) is 6.97. The Morgan fingerprint density at radius 3 is 2.54 bits per heavy atom. The molecule has 1 aromatic carbocycles. The average molecular weight is 372 g/mol. The number of aryl methyl sites for hydroxylation is 2. The minimum Gasteiger partial charge on any atom is -0.223 e. The van der Waals surface area contributed by atoms with Gasteiger partial charge in [0.2, 0.25) is 15.0 Å². The number of benzene rings is 1. The second-order valence-corrected chi connectivity index (χ2v) is 8.28. The van der Waals surface area contributed by atoms with Gasteiger partial charge >= 0.3 is 0 Å². The molecule has 2 heterocycles. The molecule has 0 fully saturated rings. The van der Waals surface area contributed by atoms with Gasteiger partial charge in [-0.15, -0.1) is 0 Å². The number of fused-ring (bicyclic) bond motifs is 1. The van der Waals surface area contributed by atoms with Crippen molar-refractivity contribution in [1.29, 1.82) is 0 Å². The Hall–Kier alpha value is -1.91. The van der Waals surface area contributed by atoms with E-state index < -0.39 is 27.4 Å². The molecule has 0 radical (unpaired) electrons. The van der Waals surface area contributed by atoms with Gasteiger partial charge in [-0.1, -0.05) is 11.3 Å². The molecule has 3 rings (SSSR count). The molecule has 1 N–H and O–H groups in total. The Balaban J connectivity index is 1.78. The molecule has 2 aromatic heterocycles. The van der Waals surface area contributed by atoms with Gasteiger partial charge in [0, 0.05) is 6.07 Å². The first-order chi connectivity index (χ1) is 11.2. The topological polar surface area (TPSA) is 76.4 Å². The van der Waals surface area contributed by atoms with E-state index in [9.17, 15) is 17.2 Å². The lowest BCUT2D eigenvalue weighted by Gasteiger charge is -2.07. The van der Waals surface area contributed by atoms with Crippen molar-refractivity contribution < 1.29 is 17.2 Å². The van der Waals surface area contributed by atoms with Crippen molar-refractivity contribution in [3.63, 3.8) is 0 Å². The van der Waals surface area contributed by atoms with Crippen molar-refractivity contribution in [2.75, 3.05) is 0 Å². The van der Waals surface area contributed by atoms with Crippen molar-refractivity contribution in [2.45, 2.75) is 26.1 Å². The summed E-state index contributed by atoms with van der Waals surface area (Å²) < 4.78 is 54.7. The third-order valence-corrected chi connectivity index (χ3v) is 5.46. The number of aromatic nitrogens is 3. The van der Waals surface area contributed by atoms with E-state index in [4.69, 9.17) is 0 Å². The van der Waals surface area contributed by atoms with Crippen LogP contribution in [0.3, 0.4) is 0 Å². The van der Waals surface area contributed by atoms with Crippen LogP contribution in [-0.2, 0) is 22.3 Å². The van der Waals surface area contributed by atoms with Crippen LogP contribution in [0.2, 0.25) is 0 Å². The molecule has 0 bridgehead atoms. The van der Waals surface area contributed by atoms with Crippen molar-refractivity contribution in [2.24, 2.45) is 0 Å². The summed E-state index contributed by atoms with van der Waals surface area (Å²) in [6.07, 6.45) is 0. The summed E-state index contributed by atoms with van der Waals surface area (Å²) in [6, 6.07) is 2.68. The zero-order chi connectivity index (χ0) is 17.5. The van der Waals surface area contributed by atoms with E-state index in [2.05, 4.69) is 14.8 Å². The largest absolute Gasteiger partial charge is 0.223 e. The van der Waals surface area contributed by atoms with Gasteiger partial charge in [0.25, 0.3) is 0 Å². The van der Waals surface area contributed by atoms with Crippen LogP contribution in [0.15, 0.2) is 18.2 Å². The van der Waals surface area contributed by atoms with Crippen LogP contribution < -0.4 is 4.72 Å². The molecule has 6 nitrogen and oxygen atoms in total. The fourth-order valence-electron chi connectivity index (χ4n) is 2.33. The molecular formula is C14H14F2N4O2S2. The highest BCUT2D eigenvalue weighted by molar-refractivity contribution is 7.88. The van der Waals surface area contributed by atoms with Gasteiger partial charge in [-0.05, 0) is 31.5 Å². The molecule has 0 aliphatic carbocycles. The first kappa shape index (κ1) is 16.9. The van der Waals surface area contributed by atoms with Gasteiger partial charge in [0.1, 0.15) is 16.6 Å². The average Bonchev–Trinajstić information content (AvgIpc) is 2.89. The van der Waals surface area contributed by atoms with E-state index in [1.165, 1.54) is 11.3 Å². The van der Waals surface area contributed by atoms with E-state index in [0.29, 0.717) is 22.4 Å². The molecule has 0 saturated heterocycles. The van der Waals surface area contributed by atoms with E-state index in [0.717, 1.165) is 17.1 Å². The van der Waals surface area contributed by atoms with E-state index in [-0.39, 0.29) is 12.1 Å². The van der Waals surface area contributed by atoms with Crippen molar-refractivity contribution in [1.82, 2.24) is 19.3 Å². The lowest BCUT2D eigenvalue weighted by Crippen LogP contribution is -2.26. The van der Waals surface area contributed by atoms with Gasteiger partial charge in [-0.25, -0.2) is 31.4 Å². The van der Waals surface area contributed by atoms with Crippen LogP contribution in [0, 0.1) is 25.5 Å². The summed E-state index contributed by atoms with van der Waals surface area (Å²) in [5.74, 6) is -2.14. The molecule has 0 aliphatic rings. The number of hydrogen-bond acceptors (Lipinski definition) is 5. The predicted molar refractivity (Wildman–Crippen MR) is 86.2 cm³/mol. The molecule has 128 valence electrons. The molecule has 0 spiro atoms. The third-order valence-electron chi connectivity index (χ3n) is 3.34. The number of halogens is 2. The van der Waals surface area contributed by atoms with Gasteiger partial charge in [-0.2, -0.15) is 5.10 Å². The predicted octanol–water partition coefficient (Wildman–Crippen LogP) is 2.31. The molecule has 0 amide bonds. The SMILES string of the molecule is Cc1nn2c(CNS(=O)(=O)Cc3cc(F)cc(F)c3)c(C)nc2s1. The van der Waals surface area contributed by atoms with Crippen LogP contribution in [0.25, 0.3) is 4.96 Å². The van der Waals surface area contributed by atoms with Gasteiger partial charge in [0.05, 0.1) is 23.7 Å². The number of nitrogens with one attached hydrogen (secondary N) is 1. The maximum atomic E-state index is 13.2. The van der Waals surface area contributed by atoms with E-state index in [1.54, 1.807) is 11.4 Å². The van der Waals surface area contributed by atoms with Crippen molar-refractivity contribution in [3.05, 3.63) is 51.8 Å². The van der Waals surface area contributed by atoms with Gasteiger partial charge in [0.15, 0.2) is 0 Å². The quantitative estimate of drug-likeness (QED) is 0.746. The molecular weight excluding hydrogens is 358 g/mol. The van der Waals surface area contributed by atoms with Crippen LogP contribution in [-0.4, -0.2) is 23.0 Å². The fourth-order valence-corrected chi connectivity index (χ4v) is 4.20. The molecule has 0 unspecified atom stereocenters. The van der Waals surface area contributed by atoms with Crippen LogP contribution in [0.5, 0.6) is 0 Å². The highest BCUT2D eigenvalue weighted by Gasteiger charge is 2.17. The number of imidazole rings is 1. The highest BCUT2D eigenvalue weighted by atomic mass is 32.2. The Morgan fingerprint density at radius 2 is 1.88 bits per heavy atom. The molecule has 0 aliphatic heterocycles. The summed E-state index contributed by atoms with van der Waals surface area (Å²) in [4.78, 5) is 5.01. The summed E-state index contributed by atoms with van der Waals surface area (Å²) in [6.45, 7) is 3.60. The second-order valence-electron chi connectivity index (χ2n) is 5.32. The normalized spacial score (nSPS) is 12.2. The molecule has 0 saturated carbocycles. The van der Waals surface area contributed by atoms with Crippen LogP contribution in [0.4, 0.5) is 8.78 Å². The Kier molecular flexibility index (Phi) is 4.37. The maximum Gasteiger partial charge on any atom is 0.216 e. The molecule has 10 heteroatoms. The Morgan fingerprint density at radius 1 is 1.21 bits per heavy atom. The van der Waals surface area contributed by atoms with Crippen LogP contribution in [0.1, 0.15) is 22.0 Å². The maximum absolute atomic E-state index is 13.2. The van der Waals surface area contributed by atoms with E-state index >= 15 is 0 Å². The lowest BCUT2D eigenvalue weighted by atomic mass is 10.2. The minimum atomic E-state index is -3.77. The van der Waals surface area contributed by atoms with E-state index in [1.807, 2.05) is 6.92 Å².